The van der Waals surface area contributed by atoms with E-state index in [1.807, 2.05) is 20.8 Å². The number of rotatable bonds is 4. The Bertz CT molecular complexity index is 196. The molecule has 0 aliphatic heterocycles. The largest absolute Gasteiger partial charge is 0.598 e. The maximum Gasteiger partial charge on any atom is 0.136 e. The number of nitrogens with one attached hydrogen (secondary N) is 1. The van der Waals surface area contributed by atoms with Crippen LogP contribution in [0.25, 0.3) is 0 Å². The van der Waals surface area contributed by atoms with Crippen molar-refractivity contribution in [3.8, 4) is 0 Å². The highest BCUT2D eigenvalue weighted by molar-refractivity contribution is 7.90. The second-order valence-electron chi connectivity index (χ2n) is 5.96. The van der Waals surface area contributed by atoms with Crippen molar-refractivity contribution in [2.45, 2.75) is 64.7 Å². The summed E-state index contributed by atoms with van der Waals surface area (Å²) in [6.07, 6.45) is 3.95. The molecule has 0 amide bonds. The highest BCUT2D eigenvalue weighted by Crippen LogP contribution is 2.33. The van der Waals surface area contributed by atoms with Crippen molar-refractivity contribution < 1.29 is 4.55 Å². The van der Waals surface area contributed by atoms with E-state index < -0.39 is 11.4 Å². The summed E-state index contributed by atoms with van der Waals surface area (Å²) in [7, 11) is 0. The minimum absolute atomic E-state index is 0.156. The molecule has 3 heteroatoms. The summed E-state index contributed by atoms with van der Waals surface area (Å²) in [5, 5.41) is 0. The van der Waals surface area contributed by atoms with Crippen molar-refractivity contribution in [2.24, 2.45) is 11.8 Å². The van der Waals surface area contributed by atoms with Gasteiger partial charge in [-0.2, -0.15) is 0 Å². The summed E-state index contributed by atoms with van der Waals surface area (Å²) in [6, 6.07) is 0.429. The third-order valence-electron chi connectivity index (χ3n) is 3.18. The minimum atomic E-state index is -0.926. The predicted molar refractivity (Wildman–Crippen MR) is 67.0 cm³/mol. The number of hydrogen-bond donors (Lipinski definition) is 1. The summed E-state index contributed by atoms with van der Waals surface area (Å²) in [6.45, 7) is 10.5. The Labute approximate surface area is 97.5 Å². The fourth-order valence-corrected chi connectivity index (χ4v) is 2.94. The normalized spacial score (nSPS) is 22.6. The molecule has 2 nitrogen and oxygen atoms in total. The van der Waals surface area contributed by atoms with Crippen LogP contribution in [-0.4, -0.2) is 15.3 Å². The van der Waals surface area contributed by atoms with Crippen molar-refractivity contribution in [3.63, 3.8) is 0 Å². The van der Waals surface area contributed by atoms with Crippen LogP contribution in [0.15, 0.2) is 0 Å². The molecule has 0 bridgehead atoms. The summed E-state index contributed by atoms with van der Waals surface area (Å²) >= 11 is -0.926. The molecule has 1 fully saturated rings. The maximum atomic E-state index is 12.0. The zero-order valence-electron chi connectivity index (χ0n) is 10.7. The van der Waals surface area contributed by atoms with Gasteiger partial charge in [0.2, 0.25) is 0 Å². The molecule has 0 aromatic carbocycles. The standard InChI is InChI=1S/C12H25NOS/c1-9(2)11(10-7-6-8-10)13-15(14)12(3,4)5/h9-11,13H,6-8H2,1-5H3/t11-,15-/m0/s1. The molecule has 0 heterocycles. The Morgan fingerprint density at radius 2 is 1.80 bits per heavy atom. The smallest absolute Gasteiger partial charge is 0.136 e. The van der Waals surface area contributed by atoms with Crippen LogP contribution >= 0.6 is 0 Å². The van der Waals surface area contributed by atoms with Crippen LogP contribution in [0.2, 0.25) is 0 Å². The van der Waals surface area contributed by atoms with Crippen molar-refractivity contribution in [1.82, 2.24) is 4.72 Å². The Kier molecular flexibility index (Phi) is 4.50. The van der Waals surface area contributed by atoms with E-state index in [4.69, 9.17) is 0 Å². The van der Waals surface area contributed by atoms with Crippen molar-refractivity contribution >= 4 is 11.4 Å². The zero-order chi connectivity index (χ0) is 11.6. The SMILES string of the molecule is CC(C)[C@H](N[S@@+]([O-])C(C)(C)C)C1CCC1. The average Bonchev–Trinajstić information content (AvgIpc) is 1.97. The average molecular weight is 231 g/mol. The van der Waals surface area contributed by atoms with Gasteiger partial charge in [-0.3, -0.25) is 0 Å². The van der Waals surface area contributed by atoms with E-state index in [9.17, 15) is 4.55 Å². The van der Waals surface area contributed by atoms with Crippen LogP contribution < -0.4 is 4.72 Å². The van der Waals surface area contributed by atoms with Gasteiger partial charge in [0.05, 0.1) is 6.04 Å². The summed E-state index contributed by atoms with van der Waals surface area (Å²) in [5.41, 5.74) is 0. The van der Waals surface area contributed by atoms with E-state index in [1.54, 1.807) is 0 Å². The quantitative estimate of drug-likeness (QED) is 0.755. The van der Waals surface area contributed by atoms with E-state index >= 15 is 0 Å². The van der Waals surface area contributed by atoms with Crippen molar-refractivity contribution in [2.75, 3.05) is 0 Å². The van der Waals surface area contributed by atoms with Gasteiger partial charge >= 0.3 is 0 Å². The fourth-order valence-electron chi connectivity index (χ4n) is 1.88. The van der Waals surface area contributed by atoms with Crippen LogP contribution in [0, 0.1) is 11.8 Å². The van der Waals surface area contributed by atoms with Gasteiger partial charge in [-0.25, -0.2) is 0 Å². The molecule has 1 rings (SSSR count). The molecule has 0 aromatic rings. The lowest BCUT2D eigenvalue weighted by Gasteiger charge is -2.38. The zero-order valence-corrected chi connectivity index (χ0v) is 11.5. The van der Waals surface area contributed by atoms with Gasteiger partial charge in [-0.15, -0.1) is 4.72 Å². The number of hydrogen-bond acceptors (Lipinski definition) is 2. The van der Waals surface area contributed by atoms with Gasteiger partial charge in [0.25, 0.3) is 0 Å². The van der Waals surface area contributed by atoms with Crippen molar-refractivity contribution in [3.05, 3.63) is 0 Å². The Morgan fingerprint density at radius 1 is 1.27 bits per heavy atom. The first-order chi connectivity index (χ1) is 6.82. The van der Waals surface area contributed by atoms with Gasteiger partial charge in [-0.1, -0.05) is 20.3 Å². The molecule has 1 aliphatic carbocycles. The molecular weight excluding hydrogens is 206 g/mol. The molecule has 90 valence electrons. The predicted octanol–water partition coefficient (Wildman–Crippen LogP) is 2.86. The summed E-state index contributed by atoms with van der Waals surface area (Å²) in [4.78, 5) is 0. The molecular formula is C12H25NOS. The maximum absolute atomic E-state index is 12.0. The van der Waals surface area contributed by atoms with E-state index in [1.165, 1.54) is 19.3 Å². The lowest BCUT2D eigenvalue weighted by Crippen LogP contribution is -2.51. The van der Waals surface area contributed by atoms with Gasteiger partial charge in [-0.05, 0) is 45.4 Å². The summed E-state index contributed by atoms with van der Waals surface area (Å²) < 4.78 is 15.2. The van der Waals surface area contributed by atoms with E-state index in [0.29, 0.717) is 12.0 Å². The lowest BCUT2D eigenvalue weighted by atomic mass is 9.76. The monoisotopic (exact) mass is 231 g/mol. The van der Waals surface area contributed by atoms with E-state index in [-0.39, 0.29) is 4.75 Å². The first-order valence-corrected chi connectivity index (χ1v) is 7.15. The molecule has 15 heavy (non-hydrogen) atoms. The molecule has 1 aliphatic rings. The topological polar surface area (TPSA) is 35.1 Å². The highest BCUT2D eigenvalue weighted by Gasteiger charge is 2.36. The summed E-state index contributed by atoms with van der Waals surface area (Å²) in [5.74, 6) is 1.32. The molecule has 2 atom stereocenters. The highest BCUT2D eigenvalue weighted by atomic mass is 32.2. The Balaban J connectivity index is 2.50. The van der Waals surface area contributed by atoms with Crippen LogP contribution in [0.5, 0.6) is 0 Å². The third-order valence-corrected chi connectivity index (χ3v) is 4.77. The van der Waals surface area contributed by atoms with E-state index in [2.05, 4.69) is 18.6 Å². The molecule has 1 N–H and O–H groups in total. The van der Waals surface area contributed by atoms with Gasteiger partial charge < -0.3 is 4.55 Å². The van der Waals surface area contributed by atoms with Crippen LogP contribution in [0.3, 0.4) is 0 Å². The van der Waals surface area contributed by atoms with Gasteiger partial charge in [0.1, 0.15) is 4.75 Å². The molecule has 0 aromatic heterocycles. The first kappa shape index (κ1) is 13.3. The first-order valence-electron chi connectivity index (χ1n) is 6.00. The molecule has 0 spiro atoms. The Morgan fingerprint density at radius 3 is 2.07 bits per heavy atom. The molecule has 1 saturated carbocycles. The minimum Gasteiger partial charge on any atom is -0.598 e. The van der Waals surface area contributed by atoms with Gasteiger partial charge in [0.15, 0.2) is 0 Å². The van der Waals surface area contributed by atoms with Crippen LogP contribution in [-0.2, 0) is 11.4 Å². The molecule has 0 radical (unpaired) electrons. The van der Waals surface area contributed by atoms with Gasteiger partial charge in [0, 0.05) is 11.4 Å². The van der Waals surface area contributed by atoms with E-state index in [0.717, 1.165) is 5.92 Å². The Hall–Kier alpha value is 0.270. The fraction of sp³-hybridized carbons (Fsp3) is 1.00. The van der Waals surface area contributed by atoms with Crippen molar-refractivity contribution in [1.29, 1.82) is 0 Å². The third kappa shape index (κ3) is 3.65. The molecule has 0 unspecified atom stereocenters. The molecule has 0 saturated heterocycles. The second kappa shape index (κ2) is 5.07. The second-order valence-corrected chi connectivity index (χ2v) is 7.96. The van der Waals surface area contributed by atoms with Crippen LogP contribution in [0.1, 0.15) is 53.9 Å². The lowest BCUT2D eigenvalue weighted by molar-refractivity contribution is 0.208. The van der Waals surface area contributed by atoms with Crippen LogP contribution in [0.4, 0.5) is 0 Å².